The molecule has 0 saturated heterocycles. The number of thiophene rings is 2. The second-order valence-electron chi connectivity index (χ2n) is 4.96. The fraction of sp³-hybridized carbons (Fsp3) is 0.353. The Morgan fingerprint density at radius 2 is 1.95 bits per heavy atom. The Labute approximate surface area is 135 Å². The summed E-state index contributed by atoms with van der Waals surface area (Å²) in [6.07, 6.45) is 4.90. The van der Waals surface area contributed by atoms with Gasteiger partial charge < -0.3 is 5.32 Å². The first-order chi connectivity index (χ1) is 10.2. The van der Waals surface area contributed by atoms with Gasteiger partial charge >= 0.3 is 0 Å². The van der Waals surface area contributed by atoms with E-state index >= 15 is 0 Å². The fourth-order valence-electron chi connectivity index (χ4n) is 2.04. The van der Waals surface area contributed by atoms with Crippen LogP contribution in [0.1, 0.15) is 43.0 Å². The Bertz CT molecular complexity index is 622. The smallest absolute Gasteiger partial charge is 0.0708 e. The Balaban J connectivity index is 2.12. The summed E-state index contributed by atoms with van der Waals surface area (Å²) in [7, 11) is 0. The third-order valence-corrected chi connectivity index (χ3v) is 5.78. The summed E-state index contributed by atoms with van der Waals surface area (Å²) in [6.45, 7) is 7.40. The van der Waals surface area contributed by atoms with E-state index in [1.165, 1.54) is 14.6 Å². The zero-order valence-corrected chi connectivity index (χ0v) is 14.4. The summed E-state index contributed by atoms with van der Waals surface area (Å²) in [5.74, 6) is 0. The summed E-state index contributed by atoms with van der Waals surface area (Å²) < 4.78 is 0. The molecule has 0 radical (unpaired) electrons. The molecule has 0 spiro atoms. The molecule has 0 aliphatic carbocycles. The van der Waals surface area contributed by atoms with Crippen molar-refractivity contribution in [2.24, 2.45) is 0 Å². The highest BCUT2D eigenvalue weighted by Crippen LogP contribution is 2.35. The van der Waals surface area contributed by atoms with Crippen LogP contribution in [0.3, 0.4) is 0 Å². The van der Waals surface area contributed by atoms with Crippen LogP contribution >= 0.6 is 22.7 Å². The van der Waals surface area contributed by atoms with Crippen LogP contribution in [0.2, 0.25) is 0 Å². The van der Waals surface area contributed by atoms with Crippen LogP contribution in [0, 0.1) is 5.41 Å². The number of rotatable bonds is 7. The van der Waals surface area contributed by atoms with Crippen molar-refractivity contribution >= 4 is 28.4 Å². The lowest BCUT2D eigenvalue weighted by molar-refractivity contribution is 0.578. The minimum atomic E-state index is 0.407. The fourth-order valence-corrected chi connectivity index (χ4v) is 4.10. The molecule has 0 amide bonds. The minimum Gasteiger partial charge on any atom is -0.309 e. The van der Waals surface area contributed by atoms with Crippen molar-refractivity contribution in [3.05, 3.63) is 46.2 Å². The van der Waals surface area contributed by atoms with Gasteiger partial charge in [0.05, 0.1) is 10.6 Å². The SMILES string of the molecule is C/C=C\C(=N)c1ccc(-c2ccc(C(C)NCCC)s2)s1. The normalized spacial score (nSPS) is 12.9. The van der Waals surface area contributed by atoms with E-state index in [9.17, 15) is 0 Å². The molecule has 2 rings (SSSR count). The Kier molecular flexibility index (Phi) is 5.91. The number of hydrogen-bond donors (Lipinski definition) is 2. The van der Waals surface area contributed by atoms with E-state index in [0.29, 0.717) is 11.8 Å². The van der Waals surface area contributed by atoms with Gasteiger partial charge in [-0.05, 0) is 57.2 Å². The molecule has 112 valence electrons. The highest BCUT2D eigenvalue weighted by Gasteiger charge is 2.11. The summed E-state index contributed by atoms with van der Waals surface area (Å²) >= 11 is 3.53. The van der Waals surface area contributed by atoms with Crippen molar-refractivity contribution < 1.29 is 0 Å². The van der Waals surface area contributed by atoms with Gasteiger partial charge in [-0.1, -0.05) is 13.0 Å². The zero-order valence-electron chi connectivity index (χ0n) is 12.8. The Morgan fingerprint density at radius 3 is 2.67 bits per heavy atom. The maximum Gasteiger partial charge on any atom is 0.0708 e. The average molecular weight is 319 g/mol. The maximum atomic E-state index is 7.97. The lowest BCUT2D eigenvalue weighted by Crippen LogP contribution is -2.18. The van der Waals surface area contributed by atoms with E-state index in [4.69, 9.17) is 5.41 Å². The van der Waals surface area contributed by atoms with Gasteiger partial charge in [-0.15, -0.1) is 22.7 Å². The van der Waals surface area contributed by atoms with Gasteiger partial charge in [0, 0.05) is 20.7 Å². The van der Waals surface area contributed by atoms with Crippen LogP contribution in [0.4, 0.5) is 0 Å². The van der Waals surface area contributed by atoms with Crippen molar-refractivity contribution in [1.29, 1.82) is 5.41 Å². The molecule has 1 atom stereocenters. The molecule has 0 aliphatic heterocycles. The molecule has 0 aliphatic rings. The maximum absolute atomic E-state index is 7.97. The molecule has 0 fully saturated rings. The highest BCUT2D eigenvalue weighted by molar-refractivity contribution is 7.23. The highest BCUT2D eigenvalue weighted by atomic mass is 32.1. The molecular weight excluding hydrogens is 296 g/mol. The minimum absolute atomic E-state index is 0.407. The molecule has 2 nitrogen and oxygen atoms in total. The van der Waals surface area contributed by atoms with Gasteiger partial charge in [-0.25, -0.2) is 0 Å². The van der Waals surface area contributed by atoms with E-state index < -0.39 is 0 Å². The Morgan fingerprint density at radius 1 is 1.24 bits per heavy atom. The first kappa shape index (κ1) is 16.1. The number of nitrogens with one attached hydrogen (secondary N) is 2. The first-order valence-electron chi connectivity index (χ1n) is 7.30. The molecule has 1 unspecified atom stereocenters. The molecule has 4 heteroatoms. The standard InChI is InChI=1S/C17H22N2S2/c1-4-6-13(18)15-8-10-17(21-15)16-9-7-14(20-16)12(3)19-11-5-2/h4,6-10,12,18-19H,5,11H2,1-3H3/b6-4-,18-13?. The summed E-state index contributed by atoms with van der Waals surface area (Å²) in [5.41, 5.74) is 0.587. The lowest BCUT2D eigenvalue weighted by Gasteiger charge is -2.10. The molecule has 0 bridgehead atoms. The predicted molar refractivity (Wildman–Crippen MR) is 96.0 cm³/mol. The molecular formula is C17H22N2S2. The molecule has 2 heterocycles. The van der Waals surface area contributed by atoms with Gasteiger partial charge in [-0.2, -0.15) is 0 Å². The first-order valence-corrected chi connectivity index (χ1v) is 8.94. The molecule has 0 aromatic carbocycles. The van der Waals surface area contributed by atoms with Crippen LogP contribution in [0.15, 0.2) is 36.4 Å². The summed E-state index contributed by atoms with van der Waals surface area (Å²) in [5, 5.41) is 11.5. The van der Waals surface area contributed by atoms with Crippen molar-refractivity contribution in [2.45, 2.75) is 33.2 Å². The van der Waals surface area contributed by atoms with Gasteiger partial charge in [0.25, 0.3) is 0 Å². The summed E-state index contributed by atoms with van der Waals surface area (Å²) in [4.78, 5) is 4.94. The topological polar surface area (TPSA) is 35.9 Å². The number of hydrogen-bond acceptors (Lipinski definition) is 4. The van der Waals surface area contributed by atoms with E-state index in [-0.39, 0.29) is 0 Å². The lowest BCUT2D eigenvalue weighted by atomic mass is 10.2. The van der Waals surface area contributed by atoms with Crippen molar-refractivity contribution in [2.75, 3.05) is 6.54 Å². The van der Waals surface area contributed by atoms with Crippen molar-refractivity contribution in [1.82, 2.24) is 5.32 Å². The molecule has 2 aromatic rings. The van der Waals surface area contributed by atoms with Gasteiger partial charge in [0.15, 0.2) is 0 Å². The molecule has 2 N–H and O–H groups in total. The molecule has 2 aromatic heterocycles. The monoisotopic (exact) mass is 318 g/mol. The van der Waals surface area contributed by atoms with E-state index in [2.05, 4.69) is 37.4 Å². The molecule has 0 saturated carbocycles. The quantitative estimate of drug-likeness (QED) is 0.651. The second-order valence-corrected chi connectivity index (χ2v) is 7.15. The van der Waals surface area contributed by atoms with Crippen LogP contribution in [0.25, 0.3) is 9.75 Å². The van der Waals surface area contributed by atoms with Crippen LogP contribution in [0.5, 0.6) is 0 Å². The zero-order chi connectivity index (χ0) is 15.2. The van der Waals surface area contributed by atoms with Crippen LogP contribution in [-0.2, 0) is 0 Å². The van der Waals surface area contributed by atoms with Crippen molar-refractivity contribution in [3.63, 3.8) is 0 Å². The van der Waals surface area contributed by atoms with Crippen LogP contribution in [-0.4, -0.2) is 12.3 Å². The third-order valence-electron chi connectivity index (χ3n) is 3.20. The van der Waals surface area contributed by atoms with E-state index in [1.807, 2.05) is 36.5 Å². The average Bonchev–Trinajstić information content (AvgIpc) is 3.13. The van der Waals surface area contributed by atoms with Crippen molar-refractivity contribution in [3.8, 4) is 9.75 Å². The van der Waals surface area contributed by atoms with E-state index in [1.54, 1.807) is 11.3 Å². The largest absolute Gasteiger partial charge is 0.309 e. The van der Waals surface area contributed by atoms with Gasteiger partial charge in [-0.3, -0.25) is 5.41 Å². The Hall–Kier alpha value is -1.23. The van der Waals surface area contributed by atoms with Crippen LogP contribution < -0.4 is 5.32 Å². The van der Waals surface area contributed by atoms with E-state index in [0.717, 1.165) is 17.8 Å². The molecule has 21 heavy (non-hydrogen) atoms. The summed E-state index contributed by atoms with van der Waals surface area (Å²) in [6, 6.07) is 8.98. The number of allylic oxidation sites excluding steroid dienone is 2. The van der Waals surface area contributed by atoms with Gasteiger partial charge in [0.2, 0.25) is 0 Å². The van der Waals surface area contributed by atoms with Gasteiger partial charge in [0.1, 0.15) is 0 Å². The second kappa shape index (κ2) is 7.69. The predicted octanol–water partition coefficient (Wildman–Crippen LogP) is 5.48. The third kappa shape index (κ3) is 4.13.